The molecule has 0 atom stereocenters. The number of hydrogen-bond acceptors (Lipinski definition) is 4. The van der Waals surface area contributed by atoms with Gasteiger partial charge in [-0.1, -0.05) is 6.07 Å². The summed E-state index contributed by atoms with van der Waals surface area (Å²) < 4.78 is 10.4. The van der Waals surface area contributed by atoms with Crippen LogP contribution < -0.4 is 20.1 Å². The molecule has 18 heavy (non-hydrogen) atoms. The number of ether oxygens (including phenoxy) is 2. The number of carbonyl (C=O) groups is 1. The van der Waals surface area contributed by atoms with Gasteiger partial charge in [0.2, 0.25) is 5.91 Å². The highest BCUT2D eigenvalue weighted by molar-refractivity contribution is 5.79. The molecule has 1 amide bonds. The lowest BCUT2D eigenvalue weighted by molar-refractivity contribution is -0.121. The molecule has 1 aromatic rings. The fraction of sp³-hybridized carbons (Fsp3) is 0.462. The van der Waals surface area contributed by atoms with Crippen molar-refractivity contribution in [2.75, 3.05) is 27.3 Å². The van der Waals surface area contributed by atoms with Gasteiger partial charge in [-0.25, -0.2) is 0 Å². The summed E-state index contributed by atoms with van der Waals surface area (Å²) in [5, 5.41) is 6.07. The molecule has 1 aromatic carbocycles. The summed E-state index contributed by atoms with van der Waals surface area (Å²) in [6.07, 6.45) is 0.358. The van der Waals surface area contributed by atoms with Gasteiger partial charge in [0, 0.05) is 13.1 Å². The normalized spacial score (nSPS) is 14.8. The Morgan fingerprint density at radius 1 is 1.33 bits per heavy atom. The first-order chi connectivity index (χ1) is 8.72. The van der Waals surface area contributed by atoms with Crippen molar-refractivity contribution >= 4 is 5.91 Å². The summed E-state index contributed by atoms with van der Waals surface area (Å²) in [5.74, 6) is 1.35. The van der Waals surface area contributed by atoms with E-state index in [1.807, 2.05) is 18.2 Å². The van der Waals surface area contributed by atoms with Crippen molar-refractivity contribution in [3.63, 3.8) is 0 Å². The third-order valence-electron chi connectivity index (χ3n) is 2.96. The third-order valence-corrected chi connectivity index (χ3v) is 2.96. The number of benzene rings is 1. The van der Waals surface area contributed by atoms with Gasteiger partial charge in [0.15, 0.2) is 11.5 Å². The highest BCUT2D eigenvalue weighted by atomic mass is 16.5. The first kappa shape index (κ1) is 12.7. The quantitative estimate of drug-likeness (QED) is 0.791. The molecule has 5 heteroatoms. The number of hydrogen-bond donors (Lipinski definition) is 2. The zero-order chi connectivity index (χ0) is 13.0. The minimum absolute atomic E-state index is 0.0359. The summed E-state index contributed by atoms with van der Waals surface area (Å²) in [4.78, 5) is 11.8. The first-order valence-electron chi connectivity index (χ1n) is 5.94. The Balaban J connectivity index is 1.97. The van der Waals surface area contributed by atoms with Gasteiger partial charge in [-0.3, -0.25) is 4.79 Å². The minimum Gasteiger partial charge on any atom is -0.493 e. The van der Waals surface area contributed by atoms with Crippen LogP contribution in [0.4, 0.5) is 0 Å². The van der Waals surface area contributed by atoms with E-state index in [0.29, 0.717) is 17.9 Å². The summed E-state index contributed by atoms with van der Waals surface area (Å²) in [5.41, 5.74) is 0.914. The summed E-state index contributed by atoms with van der Waals surface area (Å²) in [7, 11) is 3.18. The standard InChI is InChI=1S/C13H18N2O3/c1-17-11-4-3-9(5-12(11)18-2)6-13(16)15-10-7-14-8-10/h3-5,10,14H,6-8H2,1-2H3,(H,15,16). The zero-order valence-electron chi connectivity index (χ0n) is 10.7. The number of carbonyl (C=O) groups excluding carboxylic acids is 1. The molecule has 0 aliphatic carbocycles. The van der Waals surface area contributed by atoms with Crippen molar-refractivity contribution in [1.82, 2.24) is 10.6 Å². The summed E-state index contributed by atoms with van der Waals surface area (Å²) in [6, 6.07) is 5.79. The Kier molecular flexibility index (Phi) is 4.04. The van der Waals surface area contributed by atoms with Crippen LogP contribution >= 0.6 is 0 Å². The maximum Gasteiger partial charge on any atom is 0.224 e. The monoisotopic (exact) mass is 250 g/mol. The van der Waals surface area contributed by atoms with Crippen LogP contribution in [-0.2, 0) is 11.2 Å². The van der Waals surface area contributed by atoms with Crippen molar-refractivity contribution in [3.8, 4) is 11.5 Å². The van der Waals surface area contributed by atoms with Crippen LogP contribution in [0.15, 0.2) is 18.2 Å². The fourth-order valence-electron chi connectivity index (χ4n) is 1.85. The molecule has 0 unspecified atom stereocenters. The molecule has 1 heterocycles. The Morgan fingerprint density at radius 3 is 2.61 bits per heavy atom. The highest BCUT2D eigenvalue weighted by Gasteiger charge is 2.18. The number of rotatable bonds is 5. The van der Waals surface area contributed by atoms with Crippen LogP contribution in [0.5, 0.6) is 11.5 Å². The Hall–Kier alpha value is -1.75. The van der Waals surface area contributed by atoms with Gasteiger partial charge in [-0.15, -0.1) is 0 Å². The fourth-order valence-corrected chi connectivity index (χ4v) is 1.85. The Bertz CT molecular complexity index is 430. The molecular formula is C13H18N2O3. The van der Waals surface area contributed by atoms with Gasteiger partial charge in [0.25, 0.3) is 0 Å². The Morgan fingerprint density at radius 2 is 2.06 bits per heavy atom. The van der Waals surface area contributed by atoms with Crippen molar-refractivity contribution in [2.45, 2.75) is 12.5 Å². The maximum absolute atomic E-state index is 11.8. The summed E-state index contributed by atoms with van der Waals surface area (Å²) >= 11 is 0. The first-order valence-corrected chi connectivity index (χ1v) is 5.94. The minimum atomic E-state index is 0.0359. The molecular weight excluding hydrogens is 232 g/mol. The van der Waals surface area contributed by atoms with E-state index in [9.17, 15) is 4.79 Å². The van der Waals surface area contributed by atoms with Gasteiger partial charge < -0.3 is 20.1 Å². The molecule has 1 fully saturated rings. The second-order valence-corrected chi connectivity index (χ2v) is 4.29. The third kappa shape index (κ3) is 2.92. The van der Waals surface area contributed by atoms with Gasteiger partial charge >= 0.3 is 0 Å². The van der Waals surface area contributed by atoms with Gasteiger partial charge in [-0.05, 0) is 17.7 Å². The van der Waals surface area contributed by atoms with Crippen molar-refractivity contribution in [1.29, 1.82) is 0 Å². The van der Waals surface area contributed by atoms with Crippen LogP contribution in [0.2, 0.25) is 0 Å². The van der Waals surface area contributed by atoms with E-state index in [4.69, 9.17) is 9.47 Å². The van der Waals surface area contributed by atoms with Crippen LogP contribution in [-0.4, -0.2) is 39.3 Å². The van der Waals surface area contributed by atoms with E-state index in [1.54, 1.807) is 14.2 Å². The van der Waals surface area contributed by atoms with Gasteiger partial charge in [0.1, 0.15) is 0 Å². The van der Waals surface area contributed by atoms with Crippen molar-refractivity contribution < 1.29 is 14.3 Å². The average Bonchev–Trinajstić information content (AvgIpc) is 2.33. The molecule has 0 spiro atoms. The predicted molar refractivity (Wildman–Crippen MR) is 68.1 cm³/mol. The summed E-state index contributed by atoms with van der Waals surface area (Å²) in [6.45, 7) is 1.72. The molecule has 2 N–H and O–H groups in total. The van der Waals surface area contributed by atoms with Crippen molar-refractivity contribution in [2.24, 2.45) is 0 Å². The van der Waals surface area contributed by atoms with Gasteiger partial charge in [0.05, 0.1) is 26.7 Å². The molecule has 1 aliphatic heterocycles. The molecule has 1 saturated heterocycles. The van der Waals surface area contributed by atoms with E-state index in [0.717, 1.165) is 18.7 Å². The average molecular weight is 250 g/mol. The number of methoxy groups -OCH3 is 2. The van der Waals surface area contributed by atoms with Crippen LogP contribution in [0.1, 0.15) is 5.56 Å². The number of nitrogens with one attached hydrogen (secondary N) is 2. The van der Waals surface area contributed by atoms with Crippen LogP contribution in [0.3, 0.4) is 0 Å². The van der Waals surface area contributed by atoms with E-state index >= 15 is 0 Å². The molecule has 98 valence electrons. The SMILES string of the molecule is COc1ccc(CC(=O)NC2CNC2)cc1OC. The largest absolute Gasteiger partial charge is 0.493 e. The van der Waals surface area contributed by atoms with E-state index in [2.05, 4.69) is 10.6 Å². The molecule has 0 bridgehead atoms. The molecule has 0 aromatic heterocycles. The molecule has 5 nitrogen and oxygen atoms in total. The molecule has 1 aliphatic rings. The lowest BCUT2D eigenvalue weighted by atomic mass is 10.1. The van der Waals surface area contributed by atoms with E-state index in [1.165, 1.54) is 0 Å². The molecule has 0 radical (unpaired) electrons. The second-order valence-electron chi connectivity index (χ2n) is 4.29. The van der Waals surface area contributed by atoms with E-state index in [-0.39, 0.29) is 11.9 Å². The van der Waals surface area contributed by atoms with Crippen LogP contribution in [0.25, 0.3) is 0 Å². The molecule has 0 saturated carbocycles. The smallest absolute Gasteiger partial charge is 0.224 e. The lowest BCUT2D eigenvalue weighted by Gasteiger charge is -2.27. The van der Waals surface area contributed by atoms with Gasteiger partial charge in [-0.2, -0.15) is 0 Å². The zero-order valence-corrected chi connectivity index (χ0v) is 10.7. The maximum atomic E-state index is 11.8. The van der Waals surface area contributed by atoms with E-state index < -0.39 is 0 Å². The van der Waals surface area contributed by atoms with Crippen molar-refractivity contribution in [3.05, 3.63) is 23.8 Å². The molecule has 2 rings (SSSR count). The topological polar surface area (TPSA) is 59.6 Å². The number of amides is 1. The second kappa shape index (κ2) is 5.73. The predicted octanol–water partition coefficient (Wildman–Crippen LogP) is 0.334. The Labute approximate surface area is 106 Å². The lowest BCUT2D eigenvalue weighted by Crippen LogP contribution is -2.57. The highest BCUT2D eigenvalue weighted by Crippen LogP contribution is 2.27. The van der Waals surface area contributed by atoms with Crippen LogP contribution in [0, 0.1) is 0 Å².